The highest BCUT2D eigenvalue weighted by Crippen LogP contribution is 2.17. The van der Waals surface area contributed by atoms with Gasteiger partial charge in [-0.1, -0.05) is 31.2 Å². The summed E-state index contributed by atoms with van der Waals surface area (Å²) in [5.74, 6) is 0.636. The number of aliphatic hydroxyl groups excluding tert-OH is 2. The Hall–Kier alpha value is -1.36. The molecule has 0 spiro atoms. The van der Waals surface area contributed by atoms with Crippen molar-refractivity contribution in [1.82, 2.24) is 0 Å². The first-order valence-corrected chi connectivity index (χ1v) is 6.78. The Kier molecular flexibility index (Phi) is 7.30. The average Bonchev–Trinajstić information content (AvgIpc) is 2.50. The highest BCUT2D eigenvalue weighted by atomic mass is 16.5. The minimum Gasteiger partial charge on any atom is -0.497 e. The van der Waals surface area contributed by atoms with E-state index in [9.17, 15) is 5.11 Å². The molecule has 4 heteroatoms. The molecule has 0 aromatic heterocycles. The van der Waals surface area contributed by atoms with E-state index in [2.05, 4.69) is 0 Å². The lowest BCUT2D eigenvalue weighted by molar-refractivity contribution is -0.0309. The number of ether oxygens (including phenoxy) is 2. The Balaban J connectivity index is 2.61. The van der Waals surface area contributed by atoms with Gasteiger partial charge < -0.3 is 19.7 Å². The number of rotatable bonds is 8. The van der Waals surface area contributed by atoms with E-state index in [0.717, 1.165) is 11.3 Å². The largest absolute Gasteiger partial charge is 0.497 e. The van der Waals surface area contributed by atoms with Gasteiger partial charge in [-0.15, -0.1) is 0 Å². The van der Waals surface area contributed by atoms with Gasteiger partial charge >= 0.3 is 0 Å². The van der Waals surface area contributed by atoms with Gasteiger partial charge in [0.15, 0.2) is 0 Å². The molecule has 0 heterocycles. The molecule has 1 aromatic rings. The van der Waals surface area contributed by atoms with Crippen molar-refractivity contribution in [3.63, 3.8) is 0 Å². The molecule has 0 saturated heterocycles. The SMILES string of the molecule is C/C=C/[C@@H](OCc1ccc(OC)cc1)[C@@H](C)C(O)CO. The van der Waals surface area contributed by atoms with Gasteiger partial charge in [0.2, 0.25) is 0 Å². The minimum atomic E-state index is -0.785. The molecule has 0 saturated carbocycles. The van der Waals surface area contributed by atoms with Gasteiger partial charge in [-0.25, -0.2) is 0 Å². The van der Waals surface area contributed by atoms with Gasteiger partial charge in [0, 0.05) is 5.92 Å². The summed E-state index contributed by atoms with van der Waals surface area (Å²) in [5.41, 5.74) is 1.03. The van der Waals surface area contributed by atoms with E-state index in [1.54, 1.807) is 7.11 Å². The van der Waals surface area contributed by atoms with Crippen LogP contribution < -0.4 is 4.74 Å². The van der Waals surface area contributed by atoms with E-state index in [1.165, 1.54) is 0 Å². The normalized spacial score (nSPS) is 16.1. The first-order chi connectivity index (χ1) is 9.62. The van der Waals surface area contributed by atoms with Crippen LogP contribution in [0.3, 0.4) is 0 Å². The Morgan fingerprint density at radius 2 is 1.90 bits per heavy atom. The maximum atomic E-state index is 9.71. The summed E-state index contributed by atoms with van der Waals surface area (Å²) in [6.45, 7) is 3.95. The van der Waals surface area contributed by atoms with Crippen molar-refractivity contribution in [2.75, 3.05) is 13.7 Å². The third-order valence-electron chi connectivity index (χ3n) is 3.30. The molecule has 1 unspecified atom stereocenters. The maximum absolute atomic E-state index is 9.71. The van der Waals surface area contributed by atoms with Crippen LogP contribution in [0.1, 0.15) is 19.4 Å². The summed E-state index contributed by atoms with van der Waals surface area (Å²) in [6, 6.07) is 7.65. The second kappa shape index (κ2) is 8.74. The van der Waals surface area contributed by atoms with Crippen molar-refractivity contribution in [3.05, 3.63) is 42.0 Å². The van der Waals surface area contributed by atoms with Crippen molar-refractivity contribution in [3.8, 4) is 5.75 Å². The smallest absolute Gasteiger partial charge is 0.118 e. The van der Waals surface area contributed by atoms with Crippen LogP contribution in [0.15, 0.2) is 36.4 Å². The van der Waals surface area contributed by atoms with Crippen LogP contribution in [0, 0.1) is 5.92 Å². The molecule has 0 amide bonds. The van der Waals surface area contributed by atoms with Crippen LogP contribution in [0.5, 0.6) is 5.75 Å². The average molecular weight is 280 g/mol. The topological polar surface area (TPSA) is 58.9 Å². The molecule has 4 nitrogen and oxygen atoms in total. The highest BCUT2D eigenvalue weighted by Gasteiger charge is 2.22. The first kappa shape index (κ1) is 16.7. The van der Waals surface area contributed by atoms with Gasteiger partial charge in [-0.2, -0.15) is 0 Å². The standard InChI is InChI=1S/C16H24O4/c1-4-5-16(12(2)15(18)10-17)20-11-13-6-8-14(19-3)9-7-13/h4-9,12,15-18H,10-11H2,1-3H3/b5-4+/t12-,15?,16+/m0/s1. The van der Waals surface area contributed by atoms with Crippen molar-refractivity contribution in [2.24, 2.45) is 5.92 Å². The van der Waals surface area contributed by atoms with E-state index < -0.39 is 6.10 Å². The number of benzene rings is 1. The summed E-state index contributed by atoms with van der Waals surface area (Å²) in [7, 11) is 1.63. The monoisotopic (exact) mass is 280 g/mol. The van der Waals surface area contributed by atoms with Crippen molar-refractivity contribution < 1.29 is 19.7 Å². The zero-order valence-corrected chi connectivity index (χ0v) is 12.3. The highest BCUT2D eigenvalue weighted by molar-refractivity contribution is 5.26. The van der Waals surface area contributed by atoms with E-state index in [0.29, 0.717) is 6.61 Å². The number of aliphatic hydroxyl groups is 2. The fourth-order valence-electron chi connectivity index (χ4n) is 1.87. The van der Waals surface area contributed by atoms with Crippen molar-refractivity contribution in [2.45, 2.75) is 32.7 Å². The van der Waals surface area contributed by atoms with Crippen molar-refractivity contribution >= 4 is 0 Å². The van der Waals surface area contributed by atoms with Gasteiger partial charge in [0.05, 0.1) is 32.5 Å². The predicted molar refractivity (Wildman–Crippen MR) is 78.6 cm³/mol. The Labute approximate surface area is 120 Å². The molecule has 3 atom stereocenters. The predicted octanol–water partition coefficient (Wildman–Crippen LogP) is 2.15. The molecule has 1 aromatic carbocycles. The molecule has 1 rings (SSSR count). The molecule has 2 N–H and O–H groups in total. The van der Waals surface area contributed by atoms with E-state index in [4.69, 9.17) is 14.6 Å². The lowest BCUT2D eigenvalue weighted by atomic mass is 9.98. The second-order valence-electron chi connectivity index (χ2n) is 4.76. The molecular weight excluding hydrogens is 256 g/mol. The molecule has 0 aliphatic heterocycles. The third-order valence-corrected chi connectivity index (χ3v) is 3.30. The lowest BCUT2D eigenvalue weighted by Crippen LogP contribution is -2.32. The van der Waals surface area contributed by atoms with Gasteiger partial charge in [-0.05, 0) is 24.6 Å². The van der Waals surface area contributed by atoms with Gasteiger partial charge in [0.1, 0.15) is 5.75 Å². The third kappa shape index (κ3) is 4.96. The van der Waals surface area contributed by atoms with Crippen LogP contribution >= 0.6 is 0 Å². The first-order valence-electron chi connectivity index (χ1n) is 6.78. The number of hydrogen-bond donors (Lipinski definition) is 2. The van der Waals surface area contributed by atoms with Crippen LogP contribution in [0.2, 0.25) is 0 Å². The molecule has 112 valence electrons. The van der Waals surface area contributed by atoms with E-state index >= 15 is 0 Å². The molecule has 0 aliphatic carbocycles. The summed E-state index contributed by atoms with van der Waals surface area (Å²) >= 11 is 0. The zero-order valence-electron chi connectivity index (χ0n) is 12.3. The number of hydrogen-bond acceptors (Lipinski definition) is 4. The number of methoxy groups -OCH3 is 1. The minimum absolute atomic E-state index is 0.172. The van der Waals surface area contributed by atoms with Gasteiger partial charge in [0.25, 0.3) is 0 Å². The molecule has 0 bridgehead atoms. The summed E-state index contributed by atoms with van der Waals surface area (Å²) in [4.78, 5) is 0. The molecule has 0 fully saturated rings. The fraction of sp³-hybridized carbons (Fsp3) is 0.500. The van der Waals surface area contributed by atoms with E-state index in [-0.39, 0.29) is 18.6 Å². The molecule has 0 aliphatic rings. The fourth-order valence-corrected chi connectivity index (χ4v) is 1.87. The Morgan fingerprint density at radius 3 is 2.40 bits per heavy atom. The maximum Gasteiger partial charge on any atom is 0.118 e. The van der Waals surface area contributed by atoms with Gasteiger partial charge in [-0.3, -0.25) is 0 Å². The van der Waals surface area contributed by atoms with E-state index in [1.807, 2.05) is 50.3 Å². The zero-order chi connectivity index (χ0) is 15.0. The quantitative estimate of drug-likeness (QED) is 0.716. The summed E-state index contributed by atoms with van der Waals surface area (Å²) < 4.78 is 10.9. The van der Waals surface area contributed by atoms with Crippen LogP contribution in [-0.4, -0.2) is 36.1 Å². The Morgan fingerprint density at radius 1 is 1.25 bits per heavy atom. The Bertz CT molecular complexity index is 399. The van der Waals surface area contributed by atoms with Crippen molar-refractivity contribution in [1.29, 1.82) is 0 Å². The lowest BCUT2D eigenvalue weighted by Gasteiger charge is -2.25. The van der Waals surface area contributed by atoms with Crippen LogP contribution in [0.4, 0.5) is 0 Å². The number of allylic oxidation sites excluding steroid dienone is 1. The van der Waals surface area contributed by atoms with Crippen LogP contribution in [0.25, 0.3) is 0 Å². The van der Waals surface area contributed by atoms with Crippen LogP contribution in [-0.2, 0) is 11.3 Å². The molecule has 20 heavy (non-hydrogen) atoms. The molecule has 0 radical (unpaired) electrons. The summed E-state index contributed by atoms with van der Waals surface area (Å²) in [5, 5.41) is 18.7. The molecular formula is C16H24O4. The summed E-state index contributed by atoms with van der Waals surface area (Å²) in [6.07, 6.45) is 2.77. The second-order valence-corrected chi connectivity index (χ2v) is 4.76.